The highest BCUT2D eigenvalue weighted by Gasteiger charge is 2.11. The number of aryl methyl sites for hydroxylation is 2. The van der Waals surface area contributed by atoms with Crippen LogP contribution in [0, 0.1) is 0 Å². The summed E-state index contributed by atoms with van der Waals surface area (Å²) < 4.78 is 0. The Morgan fingerprint density at radius 3 is 2.75 bits per heavy atom. The topological polar surface area (TPSA) is 63.8 Å². The predicted molar refractivity (Wildman–Crippen MR) is 81.7 cm³/mol. The molecule has 1 aromatic heterocycles. The van der Waals surface area contributed by atoms with E-state index in [1.165, 1.54) is 42.4 Å². The Morgan fingerprint density at radius 2 is 1.90 bits per heavy atom. The number of rotatable bonds is 4. The van der Waals surface area contributed by atoms with E-state index in [-0.39, 0.29) is 0 Å². The summed E-state index contributed by atoms with van der Waals surface area (Å²) in [5.74, 6) is 0.832. The minimum absolute atomic E-state index is 0.595. The van der Waals surface area contributed by atoms with Crippen LogP contribution in [0.4, 0.5) is 5.82 Å². The van der Waals surface area contributed by atoms with E-state index in [4.69, 9.17) is 5.73 Å². The van der Waals surface area contributed by atoms with Crippen molar-refractivity contribution in [1.82, 2.24) is 9.97 Å². The highest BCUT2D eigenvalue weighted by atomic mass is 15.0. The molecule has 2 aromatic rings. The lowest BCUT2D eigenvalue weighted by atomic mass is 9.90. The summed E-state index contributed by atoms with van der Waals surface area (Å²) in [4.78, 5) is 8.60. The average Bonchev–Trinajstić information content (AvgIpc) is 2.53. The van der Waals surface area contributed by atoms with Gasteiger partial charge in [-0.1, -0.05) is 12.1 Å². The molecule has 0 bridgehead atoms. The van der Waals surface area contributed by atoms with Gasteiger partial charge in [-0.25, -0.2) is 9.97 Å². The van der Waals surface area contributed by atoms with Crippen LogP contribution >= 0.6 is 0 Å². The normalized spacial score (nSPS) is 13.8. The lowest BCUT2D eigenvalue weighted by Crippen LogP contribution is -2.14. The van der Waals surface area contributed by atoms with Crippen molar-refractivity contribution in [2.45, 2.75) is 25.7 Å². The number of hydrogen-bond acceptors (Lipinski definition) is 4. The first-order chi connectivity index (χ1) is 9.86. The van der Waals surface area contributed by atoms with Crippen molar-refractivity contribution in [3.8, 4) is 11.3 Å². The summed E-state index contributed by atoms with van der Waals surface area (Å²) in [7, 11) is 0. The molecule has 0 amide bonds. The van der Waals surface area contributed by atoms with Gasteiger partial charge in [0.25, 0.3) is 0 Å². The molecule has 0 spiro atoms. The zero-order valence-electron chi connectivity index (χ0n) is 11.6. The second kappa shape index (κ2) is 6.01. The minimum atomic E-state index is 0.595. The van der Waals surface area contributed by atoms with Crippen LogP contribution in [-0.2, 0) is 12.8 Å². The van der Waals surface area contributed by atoms with Crippen molar-refractivity contribution in [1.29, 1.82) is 0 Å². The first-order valence-electron chi connectivity index (χ1n) is 7.25. The summed E-state index contributed by atoms with van der Waals surface area (Å²) in [5.41, 5.74) is 10.6. The second-order valence-corrected chi connectivity index (χ2v) is 5.19. The lowest BCUT2D eigenvalue weighted by Gasteiger charge is -2.16. The maximum Gasteiger partial charge on any atom is 0.129 e. The van der Waals surface area contributed by atoms with E-state index >= 15 is 0 Å². The average molecular weight is 268 g/mol. The molecule has 3 rings (SSSR count). The maximum atomic E-state index is 5.50. The van der Waals surface area contributed by atoms with E-state index < -0.39 is 0 Å². The molecular formula is C16H20N4. The Kier molecular flexibility index (Phi) is 3.92. The first kappa shape index (κ1) is 13.1. The summed E-state index contributed by atoms with van der Waals surface area (Å²) in [6.07, 6.45) is 6.61. The monoisotopic (exact) mass is 268 g/mol. The first-order valence-corrected chi connectivity index (χ1v) is 7.25. The molecule has 1 aliphatic rings. The fourth-order valence-corrected chi connectivity index (χ4v) is 2.70. The molecule has 0 fully saturated rings. The van der Waals surface area contributed by atoms with Crippen LogP contribution in [0.1, 0.15) is 24.0 Å². The zero-order valence-corrected chi connectivity index (χ0v) is 11.6. The number of nitrogens with zero attached hydrogens (tertiary/aromatic N) is 2. The minimum Gasteiger partial charge on any atom is -0.369 e. The standard InChI is InChI=1S/C16H20N4/c17-7-8-18-16-10-15(19-11-20-16)14-6-5-12-3-1-2-4-13(12)9-14/h5-6,9-11H,1-4,7-8,17H2,(H,18,19,20). The third-order valence-electron chi connectivity index (χ3n) is 3.76. The molecule has 1 heterocycles. The smallest absolute Gasteiger partial charge is 0.129 e. The van der Waals surface area contributed by atoms with Crippen molar-refractivity contribution < 1.29 is 0 Å². The third kappa shape index (κ3) is 2.80. The van der Waals surface area contributed by atoms with Crippen LogP contribution in [0.3, 0.4) is 0 Å². The number of anilines is 1. The van der Waals surface area contributed by atoms with Crippen LogP contribution < -0.4 is 11.1 Å². The number of benzene rings is 1. The summed E-state index contributed by atoms with van der Waals surface area (Å²) in [5, 5.41) is 3.19. The number of nitrogens with two attached hydrogens (primary N) is 1. The van der Waals surface area contributed by atoms with Gasteiger partial charge >= 0.3 is 0 Å². The molecule has 0 saturated carbocycles. The molecule has 20 heavy (non-hydrogen) atoms. The van der Waals surface area contributed by atoms with Gasteiger partial charge in [-0.3, -0.25) is 0 Å². The van der Waals surface area contributed by atoms with E-state index in [2.05, 4.69) is 33.5 Å². The molecule has 1 aromatic carbocycles. The largest absolute Gasteiger partial charge is 0.369 e. The van der Waals surface area contributed by atoms with E-state index in [1.54, 1.807) is 6.33 Å². The van der Waals surface area contributed by atoms with Gasteiger partial charge in [-0.05, 0) is 42.9 Å². The summed E-state index contributed by atoms with van der Waals surface area (Å²) in [6, 6.07) is 8.68. The van der Waals surface area contributed by atoms with Crippen LogP contribution in [0.5, 0.6) is 0 Å². The SMILES string of the molecule is NCCNc1cc(-c2ccc3c(c2)CCCC3)ncn1. The van der Waals surface area contributed by atoms with Crippen molar-refractivity contribution in [3.05, 3.63) is 41.7 Å². The van der Waals surface area contributed by atoms with E-state index in [9.17, 15) is 0 Å². The van der Waals surface area contributed by atoms with Crippen molar-refractivity contribution in [2.75, 3.05) is 18.4 Å². The number of hydrogen-bond donors (Lipinski definition) is 2. The highest BCUT2D eigenvalue weighted by Crippen LogP contribution is 2.27. The molecule has 1 aliphatic carbocycles. The quantitative estimate of drug-likeness (QED) is 0.893. The number of aromatic nitrogens is 2. The highest BCUT2D eigenvalue weighted by molar-refractivity contribution is 5.64. The molecule has 0 unspecified atom stereocenters. The number of fused-ring (bicyclic) bond motifs is 1. The van der Waals surface area contributed by atoms with Crippen LogP contribution in [-0.4, -0.2) is 23.1 Å². The fraction of sp³-hybridized carbons (Fsp3) is 0.375. The summed E-state index contributed by atoms with van der Waals surface area (Å²) in [6.45, 7) is 1.32. The van der Waals surface area contributed by atoms with Gasteiger partial charge in [-0.15, -0.1) is 0 Å². The molecule has 104 valence electrons. The predicted octanol–water partition coefficient (Wildman–Crippen LogP) is 2.39. The Bertz CT molecular complexity index is 595. The van der Waals surface area contributed by atoms with Gasteiger partial charge in [0.2, 0.25) is 0 Å². The van der Waals surface area contributed by atoms with E-state index in [0.29, 0.717) is 6.54 Å². The zero-order chi connectivity index (χ0) is 13.8. The third-order valence-corrected chi connectivity index (χ3v) is 3.76. The Hall–Kier alpha value is -1.94. The van der Waals surface area contributed by atoms with Gasteiger partial charge < -0.3 is 11.1 Å². The van der Waals surface area contributed by atoms with Crippen LogP contribution in [0.15, 0.2) is 30.6 Å². The molecule has 4 nitrogen and oxygen atoms in total. The lowest BCUT2D eigenvalue weighted by molar-refractivity contribution is 0.686. The molecule has 0 atom stereocenters. The molecular weight excluding hydrogens is 248 g/mol. The van der Waals surface area contributed by atoms with E-state index in [0.717, 1.165) is 18.1 Å². The van der Waals surface area contributed by atoms with E-state index in [1.807, 2.05) is 6.07 Å². The Labute approximate surface area is 119 Å². The molecule has 3 N–H and O–H groups in total. The Balaban J connectivity index is 1.88. The van der Waals surface area contributed by atoms with Crippen molar-refractivity contribution in [3.63, 3.8) is 0 Å². The molecule has 4 heteroatoms. The van der Waals surface area contributed by atoms with Crippen molar-refractivity contribution >= 4 is 5.82 Å². The maximum absolute atomic E-state index is 5.50. The van der Waals surface area contributed by atoms with Gasteiger partial charge in [-0.2, -0.15) is 0 Å². The number of nitrogens with one attached hydrogen (secondary N) is 1. The molecule has 0 radical (unpaired) electrons. The van der Waals surface area contributed by atoms with Crippen molar-refractivity contribution in [2.24, 2.45) is 5.73 Å². The van der Waals surface area contributed by atoms with Gasteiger partial charge in [0.05, 0.1) is 5.69 Å². The van der Waals surface area contributed by atoms with Gasteiger partial charge in [0.15, 0.2) is 0 Å². The van der Waals surface area contributed by atoms with Gasteiger partial charge in [0.1, 0.15) is 12.1 Å². The second-order valence-electron chi connectivity index (χ2n) is 5.19. The molecule has 0 aliphatic heterocycles. The van der Waals surface area contributed by atoms with Crippen LogP contribution in [0.25, 0.3) is 11.3 Å². The fourth-order valence-electron chi connectivity index (χ4n) is 2.70. The molecule has 0 saturated heterocycles. The van der Waals surface area contributed by atoms with Gasteiger partial charge in [0, 0.05) is 24.7 Å². The Morgan fingerprint density at radius 1 is 1.05 bits per heavy atom. The summed E-state index contributed by atoms with van der Waals surface area (Å²) >= 11 is 0. The van der Waals surface area contributed by atoms with Crippen LogP contribution in [0.2, 0.25) is 0 Å².